The van der Waals surface area contributed by atoms with Gasteiger partial charge in [0.2, 0.25) is 0 Å². The summed E-state index contributed by atoms with van der Waals surface area (Å²) in [5.41, 5.74) is -0.258. The predicted molar refractivity (Wildman–Crippen MR) is 44.2 cm³/mol. The smallest absolute Gasteiger partial charge is 0.347 e. The van der Waals surface area contributed by atoms with Crippen molar-refractivity contribution in [1.82, 2.24) is 5.32 Å². The standard InChI is InChI=1S/C8H12N2O2/c1-2-3-4-10-6-7(5-9)8(11)12/h6,10H,2-4H2,1H3,(H,11,12). The number of aliphatic carboxylic acids is 1. The maximum atomic E-state index is 10.3. The van der Waals surface area contributed by atoms with Crippen molar-refractivity contribution >= 4 is 5.97 Å². The van der Waals surface area contributed by atoms with Gasteiger partial charge < -0.3 is 10.4 Å². The van der Waals surface area contributed by atoms with E-state index in [9.17, 15) is 4.79 Å². The molecule has 0 bridgehead atoms. The van der Waals surface area contributed by atoms with Crippen molar-refractivity contribution in [3.05, 3.63) is 11.8 Å². The van der Waals surface area contributed by atoms with Gasteiger partial charge in [-0.05, 0) is 6.42 Å². The molecule has 0 amide bonds. The molecule has 12 heavy (non-hydrogen) atoms. The molecule has 0 saturated carbocycles. The van der Waals surface area contributed by atoms with E-state index < -0.39 is 5.97 Å². The number of unbranched alkanes of at least 4 members (excludes halogenated alkanes) is 1. The Kier molecular flexibility index (Phi) is 5.45. The van der Waals surface area contributed by atoms with Crippen LogP contribution in [0.2, 0.25) is 0 Å². The number of hydrogen-bond acceptors (Lipinski definition) is 3. The number of nitrogens with zero attached hydrogens (tertiary/aromatic N) is 1. The number of hydrogen-bond donors (Lipinski definition) is 2. The molecule has 4 heteroatoms. The SMILES string of the molecule is CCCCNC=C(C#N)C(=O)O. The first kappa shape index (κ1) is 10.5. The minimum Gasteiger partial charge on any atom is -0.477 e. The summed E-state index contributed by atoms with van der Waals surface area (Å²) >= 11 is 0. The van der Waals surface area contributed by atoms with Crippen LogP contribution >= 0.6 is 0 Å². The van der Waals surface area contributed by atoms with Crippen LogP contribution < -0.4 is 5.32 Å². The maximum Gasteiger partial charge on any atom is 0.347 e. The molecule has 66 valence electrons. The molecule has 0 heterocycles. The second kappa shape index (κ2) is 6.23. The fourth-order valence-corrected chi connectivity index (χ4v) is 0.595. The van der Waals surface area contributed by atoms with Crippen molar-refractivity contribution < 1.29 is 9.90 Å². The fraction of sp³-hybridized carbons (Fsp3) is 0.500. The zero-order valence-electron chi connectivity index (χ0n) is 7.00. The highest BCUT2D eigenvalue weighted by Crippen LogP contribution is 1.89. The molecule has 2 N–H and O–H groups in total. The van der Waals surface area contributed by atoms with Crippen LogP contribution in [0.25, 0.3) is 0 Å². The van der Waals surface area contributed by atoms with E-state index in [0.717, 1.165) is 12.8 Å². The quantitative estimate of drug-likeness (QED) is 0.363. The number of carboxylic acid groups (broad SMARTS) is 1. The molecule has 0 unspecified atom stereocenters. The average Bonchev–Trinajstić information content (AvgIpc) is 2.04. The Morgan fingerprint density at radius 2 is 2.42 bits per heavy atom. The second-order valence-electron chi connectivity index (χ2n) is 2.28. The summed E-state index contributed by atoms with van der Waals surface area (Å²) in [6, 6.07) is 1.58. The molecule has 0 aliphatic carbocycles. The van der Waals surface area contributed by atoms with Crippen molar-refractivity contribution in [2.45, 2.75) is 19.8 Å². The van der Waals surface area contributed by atoms with Crippen molar-refractivity contribution in [2.75, 3.05) is 6.54 Å². The third-order valence-electron chi connectivity index (χ3n) is 1.27. The van der Waals surface area contributed by atoms with E-state index in [1.54, 1.807) is 6.07 Å². The number of nitriles is 1. The van der Waals surface area contributed by atoms with Crippen LogP contribution in [0.15, 0.2) is 11.8 Å². The highest BCUT2D eigenvalue weighted by atomic mass is 16.4. The lowest BCUT2D eigenvalue weighted by atomic mass is 10.3. The zero-order chi connectivity index (χ0) is 9.40. The summed E-state index contributed by atoms with van der Waals surface area (Å²) in [6.45, 7) is 2.74. The minimum atomic E-state index is -1.19. The highest BCUT2D eigenvalue weighted by Gasteiger charge is 2.03. The van der Waals surface area contributed by atoms with Gasteiger partial charge in [-0.1, -0.05) is 13.3 Å². The van der Waals surface area contributed by atoms with Crippen LogP contribution in [-0.4, -0.2) is 17.6 Å². The fourth-order valence-electron chi connectivity index (χ4n) is 0.595. The Morgan fingerprint density at radius 3 is 2.83 bits per heavy atom. The van der Waals surface area contributed by atoms with E-state index in [4.69, 9.17) is 10.4 Å². The minimum absolute atomic E-state index is 0.258. The molecule has 0 rings (SSSR count). The predicted octanol–water partition coefficient (Wildman–Crippen LogP) is 0.868. The second-order valence-corrected chi connectivity index (χ2v) is 2.28. The summed E-state index contributed by atoms with van der Waals surface area (Å²) in [6.07, 6.45) is 3.24. The number of nitrogens with one attached hydrogen (secondary N) is 1. The van der Waals surface area contributed by atoms with Crippen molar-refractivity contribution in [3.63, 3.8) is 0 Å². The van der Waals surface area contributed by atoms with Gasteiger partial charge in [-0.2, -0.15) is 5.26 Å². The molecule has 0 aliphatic heterocycles. The number of carboxylic acids is 1. The van der Waals surface area contributed by atoms with Gasteiger partial charge in [-0.15, -0.1) is 0 Å². The number of rotatable bonds is 5. The van der Waals surface area contributed by atoms with Gasteiger partial charge in [-0.3, -0.25) is 0 Å². The Hall–Kier alpha value is -1.50. The lowest BCUT2D eigenvalue weighted by molar-refractivity contribution is -0.132. The molecule has 0 atom stereocenters. The first-order valence-corrected chi connectivity index (χ1v) is 3.79. The van der Waals surface area contributed by atoms with Gasteiger partial charge >= 0.3 is 5.97 Å². The first-order valence-electron chi connectivity index (χ1n) is 3.79. The van der Waals surface area contributed by atoms with E-state index in [-0.39, 0.29) is 5.57 Å². The zero-order valence-corrected chi connectivity index (χ0v) is 7.00. The Balaban J connectivity index is 3.81. The van der Waals surface area contributed by atoms with Crippen molar-refractivity contribution in [1.29, 1.82) is 5.26 Å². The molecule has 0 aromatic rings. The van der Waals surface area contributed by atoms with Gasteiger partial charge in [-0.25, -0.2) is 4.79 Å². The molecule has 0 aromatic heterocycles. The topological polar surface area (TPSA) is 73.1 Å². The first-order chi connectivity index (χ1) is 5.72. The lowest BCUT2D eigenvalue weighted by Gasteiger charge is -1.97. The highest BCUT2D eigenvalue weighted by molar-refractivity contribution is 5.90. The van der Waals surface area contributed by atoms with E-state index in [1.807, 2.05) is 6.92 Å². The third-order valence-corrected chi connectivity index (χ3v) is 1.27. The Labute approximate surface area is 71.5 Å². The summed E-state index contributed by atoms with van der Waals surface area (Å²) in [7, 11) is 0. The molecular formula is C8H12N2O2. The van der Waals surface area contributed by atoms with Gasteiger partial charge in [0.15, 0.2) is 5.57 Å². The largest absolute Gasteiger partial charge is 0.477 e. The summed E-state index contributed by atoms with van der Waals surface area (Å²) in [5.74, 6) is -1.19. The Morgan fingerprint density at radius 1 is 1.75 bits per heavy atom. The molecule has 0 fully saturated rings. The van der Waals surface area contributed by atoms with Crippen LogP contribution in [0.1, 0.15) is 19.8 Å². The van der Waals surface area contributed by atoms with Crippen LogP contribution in [0.4, 0.5) is 0 Å². The maximum absolute atomic E-state index is 10.3. The Bertz CT molecular complexity index is 216. The number of carbonyl (C=O) groups is 1. The van der Waals surface area contributed by atoms with Crippen molar-refractivity contribution in [3.8, 4) is 6.07 Å². The van der Waals surface area contributed by atoms with Crippen LogP contribution in [-0.2, 0) is 4.79 Å². The summed E-state index contributed by atoms with van der Waals surface area (Å²) in [5, 5.41) is 19.5. The summed E-state index contributed by atoms with van der Waals surface area (Å²) in [4.78, 5) is 10.3. The lowest BCUT2D eigenvalue weighted by Crippen LogP contribution is -2.10. The van der Waals surface area contributed by atoms with Crippen LogP contribution in [0, 0.1) is 11.3 Å². The van der Waals surface area contributed by atoms with Gasteiger partial charge in [0.05, 0.1) is 0 Å². The monoisotopic (exact) mass is 168 g/mol. The molecule has 0 radical (unpaired) electrons. The van der Waals surface area contributed by atoms with E-state index >= 15 is 0 Å². The van der Waals surface area contributed by atoms with Crippen molar-refractivity contribution in [2.24, 2.45) is 0 Å². The third kappa shape index (κ3) is 4.34. The molecule has 0 aromatic carbocycles. The molecule has 0 saturated heterocycles. The van der Waals surface area contributed by atoms with Gasteiger partial charge in [0, 0.05) is 12.7 Å². The molecule has 0 aliphatic rings. The van der Waals surface area contributed by atoms with Gasteiger partial charge in [0.1, 0.15) is 6.07 Å². The normalized spacial score (nSPS) is 10.5. The van der Waals surface area contributed by atoms with Gasteiger partial charge in [0.25, 0.3) is 0 Å². The molecule has 4 nitrogen and oxygen atoms in total. The molecule has 0 spiro atoms. The molecular weight excluding hydrogens is 156 g/mol. The summed E-state index contributed by atoms with van der Waals surface area (Å²) < 4.78 is 0. The van der Waals surface area contributed by atoms with Crippen LogP contribution in [0.5, 0.6) is 0 Å². The van der Waals surface area contributed by atoms with E-state index in [0.29, 0.717) is 6.54 Å². The average molecular weight is 168 g/mol. The van der Waals surface area contributed by atoms with Crippen LogP contribution in [0.3, 0.4) is 0 Å². The van der Waals surface area contributed by atoms with E-state index in [2.05, 4.69) is 5.32 Å². The van der Waals surface area contributed by atoms with E-state index in [1.165, 1.54) is 6.20 Å².